The molecule has 1 N–H and O–H groups in total. The number of amides is 2. The van der Waals surface area contributed by atoms with E-state index in [0.717, 1.165) is 16.7 Å². The molecule has 8 nitrogen and oxygen atoms in total. The molecular weight excluding hydrogens is 446 g/mol. The molecule has 1 fully saturated rings. The Morgan fingerprint density at radius 1 is 1.10 bits per heavy atom. The van der Waals surface area contributed by atoms with Crippen molar-refractivity contribution in [3.8, 4) is 0 Å². The quantitative estimate of drug-likeness (QED) is 0.362. The monoisotopic (exact) mass is 461 g/mol. The highest BCUT2D eigenvalue weighted by atomic mass is 35.5. The van der Waals surface area contributed by atoms with Gasteiger partial charge in [0.1, 0.15) is 0 Å². The lowest BCUT2D eigenvalue weighted by atomic mass is 10.1. The number of anilines is 1. The zero-order valence-electron chi connectivity index (χ0n) is 15.9. The molecule has 0 aliphatic carbocycles. The van der Waals surface area contributed by atoms with Gasteiger partial charge in [0.25, 0.3) is 0 Å². The number of ether oxygens (including phenoxy) is 1. The van der Waals surface area contributed by atoms with Crippen LogP contribution in [0.1, 0.15) is 27.1 Å². The van der Waals surface area contributed by atoms with E-state index in [1.807, 2.05) is 0 Å². The highest BCUT2D eigenvalue weighted by Crippen LogP contribution is 2.29. The van der Waals surface area contributed by atoms with Crippen LogP contribution in [0.25, 0.3) is 0 Å². The Kier molecular flexibility index (Phi) is 7.09. The van der Waals surface area contributed by atoms with Crippen LogP contribution >= 0.6 is 23.4 Å². The van der Waals surface area contributed by atoms with Gasteiger partial charge in [-0.15, -0.1) is 11.8 Å². The van der Waals surface area contributed by atoms with Crippen molar-refractivity contribution in [3.63, 3.8) is 0 Å². The Hall–Kier alpha value is -3.17. The first kappa shape index (κ1) is 22.5. The normalized spacial score (nSPS) is 15.8. The van der Waals surface area contributed by atoms with Crippen molar-refractivity contribution < 1.29 is 33.8 Å². The van der Waals surface area contributed by atoms with Gasteiger partial charge in [0.15, 0.2) is 6.61 Å². The number of Topliss-reactive ketones (excluding diaryl/α,β-unsaturated/α-hetero) is 1. The summed E-state index contributed by atoms with van der Waals surface area (Å²) in [5, 5.41) is 8.24. The lowest BCUT2D eigenvalue weighted by molar-refractivity contribution is -0.134. The maximum atomic E-state index is 12.4. The maximum Gasteiger partial charge on any atom is 0.338 e. The summed E-state index contributed by atoms with van der Waals surface area (Å²) in [6, 6.07) is 12.0. The van der Waals surface area contributed by atoms with E-state index in [1.165, 1.54) is 30.3 Å². The van der Waals surface area contributed by atoms with Crippen LogP contribution in [0.3, 0.4) is 0 Å². The SMILES string of the molecule is O=C(O)CSC1CC(=O)N(c2ccc(C(=O)OCC(=O)c3ccccc3Cl)cc2)C1=O. The van der Waals surface area contributed by atoms with Gasteiger partial charge in [0.05, 0.1) is 27.3 Å². The zero-order chi connectivity index (χ0) is 22.5. The van der Waals surface area contributed by atoms with Gasteiger partial charge in [-0.1, -0.05) is 23.7 Å². The summed E-state index contributed by atoms with van der Waals surface area (Å²) in [6.07, 6.45) is -0.0925. The molecule has 0 spiro atoms. The van der Waals surface area contributed by atoms with E-state index in [4.69, 9.17) is 21.4 Å². The van der Waals surface area contributed by atoms with Crippen molar-refractivity contribution in [1.29, 1.82) is 0 Å². The number of carbonyl (C=O) groups is 5. The minimum Gasteiger partial charge on any atom is -0.481 e. The number of ketones is 1. The Morgan fingerprint density at radius 2 is 1.77 bits per heavy atom. The van der Waals surface area contributed by atoms with Crippen LogP contribution in [0.15, 0.2) is 48.5 Å². The van der Waals surface area contributed by atoms with Crippen LogP contribution in [0.4, 0.5) is 5.69 Å². The van der Waals surface area contributed by atoms with E-state index in [-0.39, 0.29) is 34.0 Å². The third-order valence-corrected chi connectivity index (χ3v) is 5.90. The van der Waals surface area contributed by atoms with Crippen molar-refractivity contribution in [2.45, 2.75) is 11.7 Å². The fourth-order valence-electron chi connectivity index (χ4n) is 2.90. The van der Waals surface area contributed by atoms with E-state index >= 15 is 0 Å². The smallest absolute Gasteiger partial charge is 0.338 e. The molecule has 31 heavy (non-hydrogen) atoms. The van der Waals surface area contributed by atoms with E-state index in [0.29, 0.717) is 0 Å². The number of carboxylic acid groups (broad SMARTS) is 1. The van der Waals surface area contributed by atoms with Gasteiger partial charge in [0.2, 0.25) is 17.6 Å². The number of imide groups is 1. The Morgan fingerprint density at radius 3 is 2.42 bits per heavy atom. The molecule has 160 valence electrons. The molecule has 0 aromatic heterocycles. The largest absolute Gasteiger partial charge is 0.481 e. The number of carbonyl (C=O) groups excluding carboxylic acids is 4. The molecule has 3 rings (SSSR count). The minimum absolute atomic E-state index is 0.0925. The number of halogens is 1. The van der Waals surface area contributed by atoms with E-state index in [9.17, 15) is 24.0 Å². The first-order valence-corrected chi connectivity index (χ1v) is 10.5. The van der Waals surface area contributed by atoms with Crippen molar-refractivity contribution >= 4 is 58.6 Å². The minimum atomic E-state index is -1.07. The Bertz CT molecular complexity index is 1050. The number of rotatable bonds is 8. The molecule has 2 aromatic rings. The van der Waals surface area contributed by atoms with Crippen LogP contribution in [0, 0.1) is 0 Å². The van der Waals surface area contributed by atoms with Gasteiger partial charge in [-0.25, -0.2) is 9.69 Å². The molecular formula is C21H16ClNO7S. The summed E-state index contributed by atoms with van der Waals surface area (Å²) in [4.78, 5) is 60.7. The van der Waals surface area contributed by atoms with Crippen LogP contribution < -0.4 is 4.90 Å². The standard InChI is InChI=1S/C21H16ClNO7S/c22-15-4-2-1-3-14(15)16(24)10-30-21(29)12-5-7-13(8-6-12)23-18(25)9-17(20(23)28)31-11-19(26)27/h1-8,17H,9-11H2,(H,26,27). The Labute approximate surface area is 186 Å². The summed E-state index contributed by atoms with van der Waals surface area (Å²) in [7, 11) is 0. The molecule has 2 aromatic carbocycles. The summed E-state index contributed by atoms with van der Waals surface area (Å²) in [5.41, 5.74) is 0.636. The van der Waals surface area contributed by atoms with Crippen LogP contribution in [0.5, 0.6) is 0 Å². The molecule has 2 amide bonds. The number of hydrogen-bond acceptors (Lipinski definition) is 7. The second-order valence-corrected chi connectivity index (χ2v) is 8.09. The fourth-order valence-corrected chi connectivity index (χ4v) is 4.00. The average Bonchev–Trinajstić information content (AvgIpc) is 3.03. The van der Waals surface area contributed by atoms with Crippen molar-refractivity contribution in [3.05, 3.63) is 64.7 Å². The summed E-state index contributed by atoms with van der Waals surface area (Å²) < 4.78 is 5.02. The molecule has 1 aliphatic rings. The number of thioether (sulfide) groups is 1. The third kappa shape index (κ3) is 5.31. The second kappa shape index (κ2) is 9.76. The number of esters is 1. The molecule has 1 heterocycles. The van der Waals surface area contributed by atoms with E-state index < -0.39 is 41.4 Å². The van der Waals surface area contributed by atoms with Crippen molar-refractivity contribution in [1.82, 2.24) is 0 Å². The van der Waals surface area contributed by atoms with Gasteiger partial charge in [-0.05, 0) is 36.4 Å². The van der Waals surface area contributed by atoms with Crippen LogP contribution in [0.2, 0.25) is 5.02 Å². The number of aliphatic carboxylic acids is 1. The zero-order valence-corrected chi connectivity index (χ0v) is 17.5. The molecule has 1 atom stereocenters. The fraction of sp³-hybridized carbons (Fsp3) is 0.190. The average molecular weight is 462 g/mol. The first-order chi connectivity index (χ1) is 14.8. The molecule has 0 saturated carbocycles. The van der Waals surface area contributed by atoms with Crippen molar-refractivity contribution in [2.75, 3.05) is 17.3 Å². The summed E-state index contributed by atoms with van der Waals surface area (Å²) >= 11 is 6.84. The molecule has 0 bridgehead atoms. The van der Waals surface area contributed by atoms with Crippen LogP contribution in [-0.2, 0) is 19.1 Å². The Balaban J connectivity index is 1.62. The van der Waals surface area contributed by atoms with Crippen LogP contribution in [-0.4, -0.2) is 52.3 Å². The number of hydrogen-bond donors (Lipinski definition) is 1. The lowest BCUT2D eigenvalue weighted by Crippen LogP contribution is -2.31. The highest BCUT2D eigenvalue weighted by Gasteiger charge is 2.40. The number of carboxylic acids is 1. The first-order valence-electron chi connectivity index (χ1n) is 9.03. The predicted molar refractivity (Wildman–Crippen MR) is 113 cm³/mol. The van der Waals surface area contributed by atoms with E-state index in [1.54, 1.807) is 18.2 Å². The van der Waals surface area contributed by atoms with Gasteiger partial charge < -0.3 is 9.84 Å². The lowest BCUT2D eigenvalue weighted by Gasteiger charge is -2.15. The van der Waals surface area contributed by atoms with Gasteiger partial charge in [0, 0.05) is 12.0 Å². The molecule has 1 unspecified atom stereocenters. The molecule has 0 radical (unpaired) electrons. The van der Waals surface area contributed by atoms with Gasteiger partial charge in [-0.2, -0.15) is 0 Å². The number of nitrogens with zero attached hydrogens (tertiary/aromatic N) is 1. The summed E-state index contributed by atoms with van der Waals surface area (Å²) in [6.45, 7) is -0.490. The highest BCUT2D eigenvalue weighted by molar-refractivity contribution is 8.01. The predicted octanol–water partition coefficient (Wildman–Crippen LogP) is 2.83. The second-order valence-electron chi connectivity index (χ2n) is 6.49. The van der Waals surface area contributed by atoms with Gasteiger partial charge >= 0.3 is 11.9 Å². The van der Waals surface area contributed by atoms with Gasteiger partial charge in [-0.3, -0.25) is 19.2 Å². The molecule has 1 aliphatic heterocycles. The molecule has 10 heteroatoms. The van der Waals surface area contributed by atoms with Crippen molar-refractivity contribution in [2.24, 2.45) is 0 Å². The summed E-state index contributed by atoms with van der Waals surface area (Å²) in [5.74, 6) is -3.51. The van der Waals surface area contributed by atoms with E-state index in [2.05, 4.69) is 0 Å². The maximum absolute atomic E-state index is 12.4. The number of benzene rings is 2. The topological polar surface area (TPSA) is 118 Å². The molecule has 1 saturated heterocycles. The third-order valence-electron chi connectivity index (χ3n) is 4.38.